The summed E-state index contributed by atoms with van der Waals surface area (Å²) < 4.78 is 0. The molecule has 0 aromatic carbocycles. The molecular formula is C8H11N3O. The molecule has 0 amide bonds. The van der Waals surface area contributed by atoms with Gasteiger partial charge in [-0.15, -0.1) is 6.58 Å². The first-order chi connectivity index (χ1) is 5.70. The van der Waals surface area contributed by atoms with Crippen LogP contribution in [0.4, 0.5) is 0 Å². The summed E-state index contributed by atoms with van der Waals surface area (Å²) in [5.41, 5.74) is 4.37. The van der Waals surface area contributed by atoms with Gasteiger partial charge in [-0.1, -0.05) is 6.08 Å². The second-order valence-electron chi connectivity index (χ2n) is 2.53. The number of rotatable bonds is 3. The zero-order valence-corrected chi connectivity index (χ0v) is 6.66. The number of amidine groups is 1. The molecule has 0 aromatic heterocycles. The number of aliphatic imine (C=N–C) groups is 1. The quantitative estimate of drug-likeness (QED) is 0.454. The first kappa shape index (κ1) is 8.67. The van der Waals surface area contributed by atoms with Crippen LogP contribution in [0.3, 0.4) is 0 Å². The van der Waals surface area contributed by atoms with Gasteiger partial charge in [-0.3, -0.25) is 10.5 Å². The van der Waals surface area contributed by atoms with Crippen LogP contribution < -0.4 is 11.1 Å². The summed E-state index contributed by atoms with van der Waals surface area (Å²) in [6, 6.07) is 0. The van der Waals surface area contributed by atoms with E-state index in [1.165, 1.54) is 6.08 Å². The number of nitrogens with zero attached hydrogens (tertiary/aromatic N) is 1. The lowest BCUT2D eigenvalue weighted by molar-refractivity contribution is -0.110. The van der Waals surface area contributed by atoms with E-state index in [2.05, 4.69) is 16.9 Å². The highest BCUT2D eigenvalue weighted by Gasteiger charge is 2.22. The van der Waals surface area contributed by atoms with Crippen LogP contribution in [-0.2, 0) is 4.79 Å². The van der Waals surface area contributed by atoms with E-state index >= 15 is 0 Å². The minimum Gasteiger partial charge on any atom is -0.350 e. The number of nitrogens with two attached hydrogens (primary N) is 1. The van der Waals surface area contributed by atoms with Crippen molar-refractivity contribution in [2.75, 3.05) is 0 Å². The summed E-state index contributed by atoms with van der Waals surface area (Å²) in [7, 11) is 0. The van der Waals surface area contributed by atoms with E-state index in [0.717, 1.165) is 0 Å². The Balaban J connectivity index is 2.80. The minimum atomic E-state index is -1.19. The van der Waals surface area contributed by atoms with Crippen LogP contribution in [-0.4, -0.2) is 17.8 Å². The van der Waals surface area contributed by atoms with E-state index in [9.17, 15) is 4.79 Å². The number of aldehydes is 1. The van der Waals surface area contributed by atoms with Gasteiger partial charge in [-0.25, -0.2) is 4.99 Å². The molecule has 12 heavy (non-hydrogen) atoms. The molecule has 4 heteroatoms. The predicted octanol–water partition coefficient (Wildman–Crippen LogP) is -0.0682. The van der Waals surface area contributed by atoms with E-state index in [4.69, 9.17) is 5.73 Å². The maximum absolute atomic E-state index is 10.5. The van der Waals surface area contributed by atoms with Crippen LogP contribution >= 0.6 is 0 Å². The van der Waals surface area contributed by atoms with Crippen molar-refractivity contribution in [3.05, 3.63) is 24.9 Å². The molecule has 0 bridgehead atoms. The van der Waals surface area contributed by atoms with Crippen molar-refractivity contribution in [1.82, 2.24) is 5.32 Å². The largest absolute Gasteiger partial charge is 0.350 e. The van der Waals surface area contributed by atoms with Crippen LogP contribution in [0, 0.1) is 0 Å². The molecular weight excluding hydrogens is 154 g/mol. The fourth-order valence-corrected chi connectivity index (χ4v) is 0.882. The van der Waals surface area contributed by atoms with E-state index < -0.39 is 5.66 Å². The van der Waals surface area contributed by atoms with Crippen LogP contribution in [0.25, 0.3) is 0 Å². The van der Waals surface area contributed by atoms with Gasteiger partial charge in [0.1, 0.15) is 5.84 Å². The Bertz CT molecular complexity index is 253. The average Bonchev–Trinajstić information content (AvgIpc) is 2.05. The second-order valence-corrected chi connectivity index (χ2v) is 2.53. The topological polar surface area (TPSA) is 67.5 Å². The third-order valence-corrected chi connectivity index (χ3v) is 1.46. The smallest absolute Gasteiger partial charge is 0.186 e. The van der Waals surface area contributed by atoms with Crippen molar-refractivity contribution in [2.24, 2.45) is 10.7 Å². The van der Waals surface area contributed by atoms with Gasteiger partial charge in [0.25, 0.3) is 0 Å². The zero-order chi connectivity index (χ0) is 9.03. The Kier molecular flexibility index (Phi) is 2.40. The number of nitrogens with one attached hydrogen (secondary N) is 1. The molecule has 1 atom stereocenters. The highest BCUT2D eigenvalue weighted by Crippen LogP contribution is 2.06. The van der Waals surface area contributed by atoms with E-state index in [0.29, 0.717) is 18.5 Å². The lowest BCUT2D eigenvalue weighted by Gasteiger charge is -2.19. The average molecular weight is 165 g/mol. The van der Waals surface area contributed by atoms with Crippen molar-refractivity contribution >= 4 is 12.1 Å². The Morgan fingerprint density at radius 1 is 1.83 bits per heavy atom. The maximum Gasteiger partial charge on any atom is 0.186 e. The molecule has 0 radical (unpaired) electrons. The molecule has 1 aliphatic rings. The van der Waals surface area contributed by atoms with Gasteiger partial charge < -0.3 is 5.32 Å². The molecule has 0 spiro atoms. The van der Waals surface area contributed by atoms with Gasteiger partial charge in [0.15, 0.2) is 11.9 Å². The molecule has 0 aromatic rings. The molecule has 0 saturated heterocycles. The number of carbonyl (C=O) groups excluding carboxylic acids is 1. The first-order valence-corrected chi connectivity index (χ1v) is 3.59. The van der Waals surface area contributed by atoms with E-state index in [-0.39, 0.29) is 0 Å². The van der Waals surface area contributed by atoms with Gasteiger partial charge in [-0.2, -0.15) is 0 Å². The fourth-order valence-electron chi connectivity index (χ4n) is 0.882. The van der Waals surface area contributed by atoms with Crippen LogP contribution in [0.2, 0.25) is 0 Å². The lowest BCUT2D eigenvalue weighted by atomic mass is 10.2. The molecule has 1 aliphatic heterocycles. The normalized spacial score (nSPS) is 27.2. The molecule has 0 fully saturated rings. The van der Waals surface area contributed by atoms with Gasteiger partial charge in [0.05, 0.1) is 0 Å². The number of hydrogen-bond acceptors (Lipinski definition) is 4. The van der Waals surface area contributed by atoms with Crippen molar-refractivity contribution < 1.29 is 4.79 Å². The minimum absolute atomic E-state index is 0.580. The number of carbonyl (C=O) groups is 1. The molecule has 1 heterocycles. The summed E-state index contributed by atoms with van der Waals surface area (Å²) in [6.45, 7) is 3.55. The highest BCUT2D eigenvalue weighted by atomic mass is 16.1. The standard InChI is InChI=1S/C8H11N3O/c1-2-3-7-10-5-4-8(9,6-12)11-7/h2,4-6H,1,3,9H2,(H,10,11). The third kappa shape index (κ3) is 1.79. The third-order valence-electron chi connectivity index (χ3n) is 1.46. The summed E-state index contributed by atoms with van der Waals surface area (Å²) >= 11 is 0. The molecule has 1 unspecified atom stereocenters. The Morgan fingerprint density at radius 2 is 2.58 bits per heavy atom. The van der Waals surface area contributed by atoms with Crippen LogP contribution in [0.1, 0.15) is 6.42 Å². The maximum atomic E-state index is 10.5. The van der Waals surface area contributed by atoms with Crippen molar-refractivity contribution in [3.8, 4) is 0 Å². The summed E-state index contributed by atoms with van der Waals surface area (Å²) in [5.74, 6) is 0.655. The lowest BCUT2D eigenvalue weighted by Crippen LogP contribution is -2.42. The first-order valence-electron chi connectivity index (χ1n) is 3.59. The van der Waals surface area contributed by atoms with Gasteiger partial charge in [-0.05, 0) is 6.08 Å². The van der Waals surface area contributed by atoms with Crippen molar-refractivity contribution in [1.29, 1.82) is 0 Å². The molecule has 4 nitrogen and oxygen atoms in total. The molecule has 64 valence electrons. The van der Waals surface area contributed by atoms with Crippen LogP contribution in [0.15, 0.2) is 29.9 Å². The highest BCUT2D eigenvalue weighted by molar-refractivity contribution is 5.88. The molecule has 0 aliphatic carbocycles. The second kappa shape index (κ2) is 3.32. The fraction of sp³-hybridized carbons (Fsp3) is 0.250. The zero-order valence-electron chi connectivity index (χ0n) is 6.66. The monoisotopic (exact) mass is 165 g/mol. The predicted molar refractivity (Wildman–Crippen MR) is 47.5 cm³/mol. The summed E-state index contributed by atoms with van der Waals surface area (Å²) in [4.78, 5) is 14.5. The summed E-state index contributed by atoms with van der Waals surface area (Å²) in [6.07, 6.45) is 5.99. The molecule has 0 saturated carbocycles. The van der Waals surface area contributed by atoms with Crippen LogP contribution in [0.5, 0.6) is 0 Å². The molecule has 3 N–H and O–H groups in total. The Morgan fingerprint density at radius 3 is 3.17 bits per heavy atom. The Hall–Kier alpha value is -1.42. The van der Waals surface area contributed by atoms with Gasteiger partial charge in [0, 0.05) is 12.6 Å². The van der Waals surface area contributed by atoms with Crippen molar-refractivity contribution in [3.63, 3.8) is 0 Å². The Labute approximate surface area is 70.9 Å². The molecule has 1 rings (SSSR count). The van der Waals surface area contributed by atoms with E-state index in [1.807, 2.05) is 0 Å². The van der Waals surface area contributed by atoms with E-state index in [1.54, 1.807) is 12.3 Å². The van der Waals surface area contributed by atoms with Crippen molar-refractivity contribution in [2.45, 2.75) is 12.1 Å². The van der Waals surface area contributed by atoms with Gasteiger partial charge >= 0.3 is 0 Å². The SMILES string of the molecule is C=CCC1=NC(N)(C=O)C=CN1. The van der Waals surface area contributed by atoms with Gasteiger partial charge in [0.2, 0.25) is 0 Å². The summed E-state index contributed by atoms with van der Waals surface area (Å²) in [5, 5.41) is 2.87. The number of hydrogen-bond donors (Lipinski definition) is 2.